The fourth-order valence-electron chi connectivity index (χ4n) is 7.75. The van der Waals surface area contributed by atoms with Crippen LogP contribution in [0.5, 0.6) is 0 Å². The molecule has 25 atom stereocenters. The number of nitrogens with one attached hydrogen (secondary N) is 2. The molecular weight excluding hydrogens is 836 g/mol. The second-order valence-corrected chi connectivity index (χ2v) is 15.4. The van der Waals surface area contributed by atoms with Crippen molar-refractivity contribution in [1.82, 2.24) is 10.6 Å². The van der Waals surface area contributed by atoms with Gasteiger partial charge in [-0.3, -0.25) is 9.59 Å². The van der Waals surface area contributed by atoms with E-state index >= 15 is 0 Å². The van der Waals surface area contributed by atoms with Gasteiger partial charge in [-0.15, -0.1) is 0 Å². The smallest absolute Gasteiger partial charge is 0.217 e. The molecule has 0 aromatic rings. The van der Waals surface area contributed by atoms with Gasteiger partial charge in [0.25, 0.3) is 0 Å². The zero-order valence-corrected chi connectivity index (χ0v) is 33.0. The van der Waals surface area contributed by atoms with Crippen LogP contribution < -0.4 is 10.6 Å². The van der Waals surface area contributed by atoms with Crippen molar-refractivity contribution in [3.63, 3.8) is 0 Å². The van der Waals surface area contributed by atoms with E-state index < -0.39 is 192 Å². The van der Waals surface area contributed by atoms with Crippen molar-refractivity contribution in [2.45, 2.75) is 174 Å². The van der Waals surface area contributed by atoms with Gasteiger partial charge in [-0.05, 0) is 6.92 Å². The molecule has 0 bridgehead atoms. The van der Waals surface area contributed by atoms with E-state index in [9.17, 15) is 81.1 Å². The molecule has 5 heterocycles. The standard InChI is InChI=1S/C34H58N2O25/c1-8-17(43)22(48)24(50)32(53-8)61-29-23(49)18(44)11(4-37)57-34(29)59-27-16(36-10(3)42)31(55-13(6-39)20(27)46)60-28-21(47)14(7-40)56-33(25(28)51)58-26-15(35-9(2)41)30(52)54-12(5-38)19(26)45/h8,11-34,37-40,43-52H,4-7H2,1-3H3,(H,35,41)(H,36,42)/t8-,11+,12+,13+,14+,15+,16+,17+,18-,19-,20+,21-,22+,23-,24-,25+,26+,27+,28-,29+,30?,31-,32-,33-,34-/m0/s1. The van der Waals surface area contributed by atoms with E-state index in [-0.39, 0.29) is 0 Å². The molecule has 5 aliphatic rings. The molecule has 1 unspecified atom stereocenters. The second kappa shape index (κ2) is 21.3. The minimum Gasteiger partial charge on any atom is -0.394 e. The van der Waals surface area contributed by atoms with Crippen molar-refractivity contribution in [3.8, 4) is 0 Å². The van der Waals surface area contributed by atoms with E-state index in [1.165, 1.54) is 6.92 Å². The zero-order chi connectivity index (χ0) is 45.2. The fraction of sp³-hybridized carbons (Fsp3) is 0.941. The van der Waals surface area contributed by atoms with Crippen molar-refractivity contribution in [2.75, 3.05) is 26.4 Å². The van der Waals surface area contributed by atoms with Crippen molar-refractivity contribution in [2.24, 2.45) is 0 Å². The largest absolute Gasteiger partial charge is 0.394 e. The van der Waals surface area contributed by atoms with Gasteiger partial charge in [0.2, 0.25) is 11.8 Å². The fourth-order valence-corrected chi connectivity index (χ4v) is 7.75. The summed E-state index contributed by atoms with van der Waals surface area (Å²) in [5, 5.41) is 154. The Kier molecular flexibility index (Phi) is 17.5. The number of hydrogen-bond donors (Lipinski definition) is 16. The molecule has 0 saturated carbocycles. The molecule has 27 heteroatoms. The predicted octanol–water partition coefficient (Wildman–Crippen LogP) is -10.6. The summed E-state index contributed by atoms with van der Waals surface area (Å²) in [4.78, 5) is 24.7. The summed E-state index contributed by atoms with van der Waals surface area (Å²) < 4.78 is 51.3. The van der Waals surface area contributed by atoms with Crippen molar-refractivity contribution in [3.05, 3.63) is 0 Å². The van der Waals surface area contributed by atoms with Gasteiger partial charge >= 0.3 is 0 Å². The van der Waals surface area contributed by atoms with Gasteiger partial charge in [0.1, 0.15) is 116 Å². The van der Waals surface area contributed by atoms with E-state index in [1.807, 2.05) is 0 Å². The van der Waals surface area contributed by atoms with E-state index in [2.05, 4.69) is 10.6 Å². The van der Waals surface area contributed by atoms with Crippen LogP contribution in [0.2, 0.25) is 0 Å². The Morgan fingerprint density at radius 3 is 1.39 bits per heavy atom. The van der Waals surface area contributed by atoms with Crippen molar-refractivity contribution >= 4 is 11.8 Å². The van der Waals surface area contributed by atoms with E-state index in [0.29, 0.717) is 0 Å². The minimum atomic E-state index is -2.13. The van der Waals surface area contributed by atoms with Crippen LogP contribution in [0.1, 0.15) is 20.8 Å². The Labute approximate surface area is 346 Å². The van der Waals surface area contributed by atoms with Crippen molar-refractivity contribution in [1.29, 1.82) is 0 Å². The number of carbonyl (C=O) groups is 2. The molecule has 5 saturated heterocycles. The maximum atomic E-state index is 12.7. The van der Waals surface area contributed by atoms with Crippen molar-refractivity contribution < 1.29 is 124 Å². The summed E-state index contributed by atoms with van der Waals surface area (Å²) in [7, 11) is 0. The van der Waals surface area contributed by atoms with Gasteiger partial charge < -0.3 is 125 Å². The average molecular weight is 895 g/mol. The Balaban J connectivity index is 1.45. The normalized spacial score (nSPS) is 49.6. The third kappa shape index (κ3) is 10.8. The first-order valence-corrected chi connectivity index (χ1v) is 19.5. The molecule has 5 aliphatic heterocycles. The lowest BCUT2D eigenvalue weighted by atomic mass is 9.94. The highest BCUT2D eigenvalue weighted by Gasteiger charge is 2.57. The molecule has 61 heavy (non-hydrogen) atoms. The molecule has 0 radical (unpaired) electrons. The Morgan fingerprint density at radius 2 is 0.836 bits per heavy atom. The minimum absolute atomic E-state index is 0.719. The van der Waals surface area contributed by atoms with Gasteiger partial charge in [-0.2, -0.15) is 0 Å². The molecule has 0 aromatic carbocycles. The molecule has 0 aliphatic carbocycles. The summed E-state index contributed by atoms with van der Waals surface area (Å²) >= 11 is 0. The topological polar surface area (TPSA) is 424 Å². The molecular formula is C34H58N2O25. The Morgan fingerprint density at radius 1 is 0.426 bits per heavy atom. The first-order valence-electron chi connectivity index (χ1n) is 19.5. The van der Waals surface area contributed by atoms with Gasteiger partial charge in [0.15, 0.2) is 31.5 Å². The molecule has 2 amide bonds. The van der Waals surface area contributed by atoms with Crippen LogP contribution in [0, 0.1) is 0 Å². The number of rotatable bonds is 14. The van der Waals surface area contributed by atoms with E-state index in [1.54, 1.807) is 0 Å². The van der Waals surface area contributed by atoms with Crippen LogP contribution in [0.25, 0.3) is 0 Å². The molecule has 27 nitrogen and oxygen atoms in total. The molecule has 0 spiro atoms. The highest BCUT2D eigenvalue weighted by atomic mass is 16.8. The highest BCUT2D eigenvalue weighted by Crippen LogP contribution is 2.36. The highest BCUT2D eigenvalue weighted by molar-refractivity contribution is 5.73. The number of carbonyl (C=O) groups excluding carboxylic acids is 2. The van der Waals surface area contributed by atoms with Crippen LogP contribution in [-0.2, 0) is 52.2 Å². The maximum absolute atomic E-state index is 12.7. The molecule has 5 fully saturated rings. The summed E-state index contributed by atoms with van der Waals surface area (Å²) in [6, 6.07) is -3.27. The summed E-state index contributed by atoms with van der Waals surface area (Å²) in [5.74, 6) is -1.55. The molecule has 5 rings (SSSR count). The van der Waals surface area contributed by atoms with Gasteiger partial charge in [0, 0.05) is 13.8 Å². The second-order valence-electron chi connectivity index (χ2n) is 15.4. The third-order valence-electron chi connectivity index (χ3n) is 11.1. The molecule has 354 valence electrons. The first-order chi connectivity index (χ1) is 28.8. The lowest BCUT2D eigenvalue weighted by Gasteiger charge is -2.51. The molecule has 0 aromatic heterocycles. The number of ether oxygens (including phenoxy) is 9. The summed E-state index contributed by atoms with van der Waals surface area (Å²) in [6.07, 6.45) is -41.5. The SMILES string of the molecule is CC(=O)N[C@H]1[C@H](O[C@H]2[C@@H](O)[C@@H](CO)O[C@@H](O[C@H]3[C@@H](O)[C@@H](CO)OC(O)[C@@H]3NC(C)=O)[C@@H]2O)O[C@H](CO)[C@@H](O)[C@@H]1O[C@@H]1O[C@H](CO)[C@H](O)[C@H](O)[C@H]1O[C@@H]1O[C@@H](C)[C@@H](O)[C@@H](O)[C@@H]1O. The van der Waals surface area contributed by atoms with Crippen LogP contribution in [0.4, 0.5) is 0 Å². The average Bonchev–Trinajstić information content (AvgIpc) is 3.21. The number of hydrogen-bond acceptors (Lipinski definition) is 25. The molecule has 16 N–H and O–H groups in total. The van der Waals surface area contributed by atoms with Crippen LogP contribution in [0.15, 0.2) is 0 Å². The first kappa shape index (κ1) is 50.0. The van der Waals surface area contributed by atoms with Gasteiger partial charge in [0.05, 0.1) is 32.5 Å². The summed E-state index contributed by atoms with van der Waals surface area (Å²) in [5.41, 5.74) is 0. The quantitative estimate of drug-likeness (QED) is 0.0770. The van der Waals surface area contributed by atoms with E-state index in [4.69, 9.17) is 42.6 Å². The maximum Gasteiger partial charge on any atom is 0.217 e. The van der Waals surface area contributed by atoms with Gasteiger partial charge in [-0.25, -0.2) is 0 Å². The Bertz CT molecular complexity index is 1420. The predicted molar refractivity (Wildman–Crippen MR) is 188 cm³/mol. The summed E-state index contributed by atoms with van der Waals surface area (Å²) in [6.45, 7) is -0.273. The van der Waals surface area contributed by atoms with Crippen LogP contribution in [-0.4, -0.2) is 263 Å². The van der Waals surface area contributed by atoms with Crippen LogP contribution in [0.3, 0.4) is 0 Å². The van der Waals surface area contributed by atoms with Crippen LogP contribution >= 0.6 is 0 Å². The van der Waals surface area contributed by atoms with Gasteiger partial charge in [-0.1, -0.05) is 0 Å². The number of aliphatic hydroxyl groups excluding tert-OH is 14. The number of amides is 2. The van der Waals surface area contributed by atoms with E-state index in [0.717, 1.165) is 13.8 Å². The Hall–Kier alpha value is -1.98. The lowest BCUT2D eigenvalue weighted by molar-refractivity contribution is -0.388. The third-order valence-corrected chi connectivity index (χ3v) is 11.1. The zero-order valence-electron chi connectivity index (χ0n) is 33.0. The number of aliphatic hydroxyl groups is 14. The lowest BCUT2D eigenvalue weighted by Crippen LogP contribution is -2.71. The monoisotopic (exact) mass is 894 g/mol.